The number of methoxy groups -OCH3 is 1. The van der Waals surface area contributed by atoms with E-state index < -0.39 is 0 Å². The minimum Gasteiger partial charge on any atom is -0.465 e. The molecule has 0 amide bonds. The number of rotatable bonds is 3. The summed E-state index contributed by atoms with van der Waals surface area (Å²) in [6.07, 6.45) is 0. The van der Waals surface area contributed by atoms with Crippen molar-refractivity contribution in [2.75, 3.05) is 12.8 Å². The van der Waals surface area contributed by atoms with Gasteiger partial charge in [0.2, 0.25) is 0 Å². The second kappa shape index (κ2) is 5.80. The maximum absolute atomic E-state index is 11.8. The van der Waals surface area contributed by atoms with Gasteiger partial charge in [-0.3, -0.25) is 0 Å². The van der Waals surface area contributed by atoms with Crippen LogP contribution < -0.4 is 5.73 Å². The van der Waals surface area contributed by atoms with Crippen LogP contribution in [0.1, 0.15) is 15.9 Å². The highest BCUT2D eigenvalue weighted by Gasteiger charge is 2.15. The Morgan fingerprint density at radius 3 is 2.58 bits per heavy atom. The molecule has 0 aromatic heterocycles. The lowest BCUT2D eigenvalue weighted by Gasteiger charge is -2.11. The van der Waals surface area contributed by atoms with E-state index in [0.717, 1.165) is 15.4 Å². The van der Waals surface area contributed by atoms with Crippen LogP contribution in [0.2, 0.25) is 0 Å². The molecule has 3 nitrogen and oxygen atoms in total. The fourth-order valence-corrected chi connectivity index (χ4v) is 2.76. The number of benzene rings is 2. The third-order valence-corrected chi connectivity index (χ3v) is 4.09. The molecule has 98 valence electrons. The minimum absolute atomic E-state index is 0.372. The Balaban J connectivity index is 2.45. The fourth-order valence-electron chi connectivity index (χ4n) is 1.72. The summed E-state index contributed by atoms with van der Waals surface area (Å²) in [5.41, 5.74) is 8.20. The number of aryl methyl sites for hydroxylation is 1. The van der Waals surface area contributed by atoms with Gasteiger partial charge in [0.05, 0.1) is 12.7 Å². The van der Waals surface area contributed by atoms with Crippen LogP contribution >= 0.6 is 11.8 Å². The average molecular weight is 273 g/mol. The summed E-state index contributed by atoms with van der Waals surface area (Å²) in [5.74, 6) is -0.372. The Bertz CT molecular complexity index is 611. The molecule has 2 rings (SSSR count). The first kappa shape index (κ1) is 13.5. The van der Waals surface area contributed by atoms with Crippen LogP contribution in [0.4, 0.5) is 5.69 Å². The van der Waals surface area contributed by atoms with Gasteiger partial charge in [-0.25, -0.2) is 4.79 Å². The lowest BCUT2D eigenvalue weighted by Crippen LogP contribution is -2.05. The molecule has 2 N–H and O–H groups in total. The summed E-state index contributed by atoms with van der Waals surface area (Å²) in [5, 5.41) is 0. The molecule has 0 aliphatic carbocycles. The summed E-state index contributed by atoms with van der Waals surface area (Å²) in [6, 6.07) is 13.2. The highest BCUT2D eigenvalue weighted by atomic mass is 32.2. The smallest absolute Gasteiger partial charge is 0.339 e. The summed E-state index contributed by atoms with van der Waals surface area (Å²) in [4.78, 5) is 13.6. The first-order chi connectivity index (χ1) is 9.13. The van der Waals surface area contributed by atoms with Gasteiger partial charge in [-0.15, -0.1) is 0 Å². The molecule has 0 unspecified atom stereocenters. The molecule has 0 saturated carbocycles. The molecule has 0 fully saturated rings. The lowest BCUT2D eigenvalue weighted by molar-refractivity contribution is 0.0597. The summed E-state index contributed by atoms with van der Waals surface area (Å²) >= 11 is 1.49. The van der Waals surface area contributed by atoms with E-state index in [1.165, 1.54) is 18.9 Å². The van der Waals surface area contributed by atoms with Crippen molar-refractivity contribution >= 4 is 23.4 Å². The van der Waals surface area contributed by atoms with Crippen molar-refractivity contribution in [2.45, 2.75) is 16.7 Å². The van der Waals surface area contributed by atoms with E-state index in [2.05, 4.69) is 0 Å². The van der Waals surface area contributed by atoms with Crippen molar-refractivity contribution in [1.82, 2.24) is 0 Å². The monoisotopic (exact) mass is 273 g/mol. The Morgan fingerprint density at radius 1 is 1.16 bits per heavy atom. The second-order valence-corrected chi connectivity index (χ2v) is 5.14. The second-order valence-electron chi connectivity index (χ2n) is 4.08. The minimum atomic E-state index is -0.372. The Labute approximate surface area is 116 Å². The molecule has 19 heavy (non-hydrogen) atoms. The normalized spacial score (nSPS) is 10.2. The molecular weight excluding hydrogens is 258 g/mol. The number of esters is 1. The van der Waals surface area contributed by atoms with Crippen molar-refractivity contribution in [3.05, 3.63) is 53.6 Å². The van der Waals surface area contributed by atoms with Crippen molar-refractivity contribution in [3.8, 4) is 0 Å². The van der Waals surface area contributed by atoms with E-state index >= 15 is 0 Å². The average Bonchev–Trinajstić information content (AvgIpc) is 2.42. The van der Waals surface area contributed by atoms with Crippen molar-refractivity contribution < 1.29 is 9.53 Å². The Kier molecular flexibility index (Phi) is 4.12. The first-order valence-corrected chi connectivity index (χ1v) is 6.65. The zero-order valence-corrected chi connectivity index (χ0v) is 11.7. The van der Waals surface area contributed by atoms with E-state index in [-0.39, 0.29) is 5.97 Å². The quantitative estimate of drug-likeness (QED) is 0.686. The summed E-state index contributed by atoms with van der Waals surface area (Å²) < 4.78 is 4.79. The van der Waals surface area contributed by atoms with Crippen LogP contribution in [0.15, 0.2) is 52.3 Å². The van der Waals surface area contributed by atoms with E-state index in [9.17, 15) is 4.79 Å². The number of nitrogen functional groups attached to an aromatic ring is 1. The van der Waals surface area contributed by atoms with Gasteiger partial charge in [0.1, 0.15) is 0 Å². The topological polar surface area (TPSA) is 52.3 Å². The van der Waals surface area contributed by atoms with E-state index in [1.54, 1.807) is 18.2 Å². The third kappa shape index (κ3) is 2.90. The Hall–Kier alpha value is -1.94. The molecule has 0 aliphatic heterocycles. The highest BCUT2D eigenvalue weighted by molar-refractivity contribution is 7.99. The fraction of sp³-hybridized carbons (Fsp3) is 0.133. The van der Waals surface area contributed by atoms with Gasteiger partial charge < -0.3 is 10.5 Å². The SMILES string of the molecule is COC(=O)c1cccc(N)c1Sc1ccccc1C. The highest BCUT2D eigenvalue weighted by Crippen LogP contribution is 2.36. The maximum Gasteiger partial charge on any atom is 0.339 e. The van der Waals surface area contributed by atoms with Crippen molar-refractivity contribution in [2.24, 2.45) is 0 Å². The summed E-state index contributed by atoms with van der Waals surface area (Å²) in [6.45, 7) is 2.03. The number of hydrogen-bond acceptors (Lipinski definition) is 4. The standard InChI is InChI=1S/C15H15NO2S/c1-10-6-3-4-9-13(10)19-14-11(15(17)18-2)7-5-8-12(14)16/h3-9H,16H2,1-2H3. The van der Waals surface area contributed by atoms with Gasteiger partial charge in [-0.1, -0.05) is 36.0 Å². The molecule has 0 aliphatic rings. The predicted molar refractivity (Wildman–Crippen MR) is 77.5 cm³/mol. The van der Waals surface area contributed by atoms with Crippen LogP contribution in [0.25, 0.3) is 0 Å². The van der Waals surface area contributed by atoms with Gasteiger partial charge in [0.15, 0.2) is 0 Å². The van der Waals surface area contributed by atoms with Gasteiger partial charge in [0.25, 0.3) is 0 Å². The molecule has 0 heterocycles. The zero-order chi connectivity index (χ0) is 13.8. The first-order valence-electron chi connectivity index (χ1n) is 5.83. The van der Waals surface area contributed by atoms with E-state index in [0.29, 0.717) is 11.3 Å². The van der Waals surface area contributed by atoms with Gasteiger partial charge in [-0.2, -0.15) is 0 Å². The van der Waals surface area contributed by atoms with Crippen LogP contribution in [-0.4, -0.2) is 13.1 Å². The molecule has 0 bridgehead atoms. The number of anilines is 1. The van der Waals surface area contributed by atoms with Crippen LogP contribution in [-0.2, 0) is 4.74 Å². The third-order valence-electron chi connectivity index (χ3n) is 2.76. The lowest BCUT2D eigenvalue weighted by atomic mass is 10.2. The number of hydrogen-bond donors (Lipinski definition) is 1. The molecule has 4 heteroatoms. The summed E-state index contributed by atoms with van der Waals surface area (Å²) in [7, 11) is 1.37. The number of carbonyl (C=O) groups excluding carboxylic acids is 1. The maximum atomic E-state index is 11.8. The van der Waals surface area contributed by atoms with Gasteiger partial charge in [-0.05, 0) is 30.7 Å². The van der Waals surface area contributed by atoms with Crippen molar-refractivity contribution in [3.63, 3.8) is 0 Å². The molecule has 0 spiro atoms. The van der Waals surface area contributed by atoms with Crippen molar-refractivity contribution in [1.29, 1.82) is 0 Å². The number of ether oxygens (including phenoxy) is 1. The predicted octanol–water partition coefficient (Wildman–Crippen LogP) is 3.52. The van der Waals surface area contributed by atoms with Gasteiger partial charge >= 0.3 is 5.97 Å². The van der Waals surface area contributed by atoms with Crippen LogP contribution in [0.5, 0.6) is 0 Å². The molecular formula is C15H15NO2S. The molecule has 0 saturated heterocycles. The molecule has 2 aromatic rings. The largest absolute Gasteiger partial charge is 0.465 e. The zero-order valence-electron chi connectivity index (χ0n) is 10.8. The number of carbonyl (C=O) groups is 1. The molecule has 0 atom stereocenters. The van der Waals surface area contributed by atoms with Crippen LogP contribution in [0, 0.1) is 6.92 Å². The van der Waals surface area contributed by atoms with E-state index in [4.69, 9.17) is 10.5 Å². The molecule has 0 radical (unpaired) electrons. The van der Waals surface area contributed by atoms with Crippen LogP contribution in [0.3, 0.4) is 0 Å². The van der Waals surface area contributed by atoms with E-state index in [1.807, 2.05) is 31.2 Å². The molecule has 2 aromatic carbocycles. The number of nitrogens with two attached hydrogens (primary N) is 1. The Morgan fingerprint density at radius 2 is 1.89 bits per heavy atom. The van der Waals surface area contributed by atoms with Gasteiger partial charge in [0, 0.05) is 15.5 Å².